The van der Waals surface area contributed by atoms with Crippen molar-refractivity contribution in [3.8, 4) is 0 Å². The normalized spacial score (nSPS) is 20.1. The highest BCUT2D eigenvalue weighted by Gasteiger charge is 2.22. The van der Waals surface area contributed by atoms with Gasteiger partial charge in [-0.1, -0.05) is 6.07 Å². The van der Waals surface area contributed by atoms with Crippen LogP contribution in [0, 0.1) is 0 Å². The molecular weight excluding hydrogens is 166 g/mol. The number of carbonyl (C=O) groups excluding carboxylic acids is 1. The van der Waals surface area contributed by atoms with Gasteiger partial charge in [-0.25, -0.2) is 0 Å². The van der Waals surface area contributed by atoms with Crippen LogP contribution in [0.5, 0.6) is 0 Å². The zero-order chi connectivity index (χ0) is 9.42. The summed E-state index contributed by atoms with van der Waals surface area (Å²) in [6.45, 7) is 1.80. The summed E-state index contributed by atoms with van der Waals surface area (Å²) in [4.78, 5) is 11.3. The zero-order valence-electron chi connectivity index (χ0n) is 7.29. The lowest BCUT2D eigenvalue weighted by Gasteiger charge is -2.25. The summed E-state index contributed by atoms with van der Waals surface area (Å²) >= 11 is 0. The predicted octanol–water partition coefficient (Wildman–Crippen LogP) is 1.02. The molecule has 1 aromatic rings. The van der Waals surface area contributed by atoms with E-state index in [4.69, 9.17) is 5.73 Å². The summed E-state index contributed by atoms with van der Waals surface area (Å²) in [5, 5.41) is 5.81. The Hall–Kier alpha value is -1.71. The van der Waals surface area contributed by atoms with E-state index in [1.807, 2.05) is 12.1 Å². The van der Waals surface area contributed by atoms with Gasteiger partial charge in [0.1, 0.15) is 6.04 Å². The highest BCUT2D eigenvalue weighted by molar-refractivity contribution is 6.04. The molecule has 2 rings (SSSR count). The fourth-order valence-corrected chi connectivity index (χ4v) is 1.36. The first-order valence-corrected chi connectivity index (χ1v) is 4.14. The van der Waals surface area contributed by atoms with E-state index in [1.54, 1.807) is 13.0 Å². The molecule has 0 unspecified atom stereocenters. The average molecular weight is 177 g/mol. The van der Waals surface area contributed by atoms with Gasteiger partial charge in [0.2, 0.25) is 5.91 Å². The number of hydrogen-bond donors (Lipinski definition) is 3. The second-order valence-corrected chi connectivity index (χ2v) is 3.13. The first-order valence-electron chi connectivity index (χ1n) is 4.14. The van der Waals surface area contributed by atoms with E-state index in [1.165, 1.54) is 0 Å². The average Bonchev–Trinajstić information content (AvgIpc) is 2.09. The fraction of sp³-hybridized carbons (Fsp3) is 0.222. The first-order chi connectivity index (χ1) is 6.18. The van der Waals surface area contributed by atoms with Crippen LogP contribution in [-0.2, 0) is 4.79 Å². The second kappa shape index (κ2) is 2.65. The van der Waals surface area contributed by atoms with Gasteiger partial charge < -0.3 is 16.4 Å². The number of anilines is 3. The largest absolute Gasteiger partial charge is 0.397 e. The molecule has 0 radical (unpaired) electrons. The van der Waals surface area contributed by atoms with Crippen molar-refractivity contribution >= 4 is 23.0 Å². The SMILES string of the molecule is C[C@@H]1Nc2c(N)cccc2NC1=O. The Kier molecular flexibility index (Phi) is 1.62. The van der Waals surface area contributed by atoms with Gasteiger partial charge in [0.15, 0.2) is 0 Å². The molecule has 4 heteroatoms. The minimum Gasteiger partial charge on any atom is -0.397 e. The van der Waals surface area contributed by atoms with Gasteiger partial charge in [-0.05, 0) is 19.1 Å². The lowest BCUT2D eigenvalue weighted by molar-refractivity contribution is -0.116. The molecule has 1 atom stereocenters. The molecule has 0 spiro atoms. The number of nitrogen functional groups attached to an aromatic ring is 1. The van der Waals surface area contributed by atoms with Crippen molar-refractivity contribution in [3.63, 3.8) is 0 Å². The van der Waals surface area contributed by atoms with Gasteiger partial charge in [-0.3, -0.25) is 4.79 Å². The first kappa shape index (κ1) is 7.91. The number of para-hydroxylation sites is 1. The highest BCUT2D eigenvalue weighted by Crippen LogP contribution is 2.31. The number of nitrogens with one attached hydrogen (secondary N) is 2. The van der Waals surface area contributed by atoms with E-state index in [-0.39, 0.29) is 11.9 Å². The third-order valence-electron chi connectivity index (χ3n) is 2.11. The third kappa shape index (κ3) is 1.20. The van der Waals surface area contributed by atoms with Crippen LogP contribution in [0.15, 0.2) is 18.2 Å². The Morgan fingerprint density at radius 2 is 2.23 bits per heavy atom. The van der Waals surface area contributed by atoms with Gasteiger partial charge in [0.05, 0.1) is 17.1 Å². The molecule has 4 nitrogen and oxygen atoms in total. The molecule has 0 aliphatic carbocycles. The van der Waals surface area contributed by atoms with Crippen molar-refractivity contribution in [2.45, 2.75) is 13.0 Å². The molecule has 4 N–H and O–H groups in total. The molecule has 1 aromatic carbocycles. The molecule has 0 saturated heterocycles. The zero-order valence-corrected chi connectivity index (χ0v) is 7.29. The van der Waals surface area contributed by atoms with Gasteiger partial charge in [0, 0.05) is 0 Å². The van der Waals surface area contributed by atoms with Crippen LogP contribution in [-0.4, -0.2) is 11.9 Å². The Balaban J connectivity index is 2.48. The van der Waals surface area contributed by atoms with Gasteiger partial charge in [-0.2, -0.15) is 0 Å². The molecule has 68 valence electrons. The molecule has 13 heavy (non-hydrogen) atoms. The summed E-state index contributed by atoms with van der Waals surface area (Å²) in [6.07, 6.45) is 0. The van der Waals surface area contributed by atoms with Gasteiger partial charge >= 0.3 is 0 Å². The van der Waals surface area contributed by atoms with Gasteiger partial charge in [-0.15, -0.1) is 0 Å². The van der Waals surface area contributed by atoms with Crippen molar-refractivity contribution in [2.75, 3.05) is 16.4 Å². The van der Waals surface area contributed by atoms with Gasteiger partial charge in [0.25, 0.3) is 0 Å². The lowest BCUT2D eigenvalue weighted by atomic mass is 10.1. The molecule has 1 heterocycles. The summed E-state index contributed by atoms with van der Waals surface area (Å²) in [5.74, 6) is -0.0295. The molecule has 1 amide bonds. The fourth-order valence-electron chi connectivity index (χ4n) is 1.36. The Labute approximate surface area is 76.1 Å². The van der Waals surface area contributed by atoms with E-state index in [9.17, 15) is 4.79 Å². The Morgan fingerprint density at radius 3 is 3.00 bits per heavy atom. The number of rotatable bonds is 0. The second-order valence-electron chi connectivity index (χ2n) is 3.13. The van der Waals surface area contributed by atoms with Crippen molar-refractivity contribution in [1.82, 2.24) is 0 Å². The number of benzene rings is 1. The maximum Gasteiger partial charge on any atom is 0.246 e. The van der Waals surface area contributed by atoms with Crippen LogP contribution in [0.3, 0.4) is 0 Å². The number of carbonyl (C=O) groups is 1. The summed E-state index contributed by atoms with van der Waals surface area (Å²) < 4.78 is 0. The summed E-state index contributed by atoms with van der Waals surface area (Å²) in [7, 11) is 0. The van der Waals surface area contributed by atoms with Crippen molar-refractivity contribution in [3.05, 3.63) is 18.2 Å². The van der Waals surface area contributed by atoms with Crippen LogP contribution in [0.25, 0.3) is 0 Å². The maximum absolute atomic E-state index is 11.3. The standard InChI is InChI=1S/C9H11N3O/c1-5-9(13)12-7-4-2-3-6(10)8(7)11-5/h2-5,11H,10H2,1H3,(H,12,13)/t5-/m0/s1. The van der Waals surface area contributed by atoms with Crippen LogP contribution in [0.2, 0.25) is 0 Å². The third-order valence-corrected chi connectivity index (χ3v) is 2.11. The monoisotopic (exact) mass is 177 g/mol. The van der Waals surface area contributed by atoms with E-state index in [2.05, 4.69) is 10.6 Å². The summed E-state index contributed by atoms with van der Waals surface area (Å²) in [6, 6.07) is 5.21. The van der Waals surface area contributed by atoms with E-state index in [0.717, 1.165) is 11.4 Å². The molecule has 1 aliphatic rings. The number of fused-ring (bicyclic) bond motifs is 1. The Morgan fingerprint density at radius 1 is 1.46 bits per heavy atom. The maximum atomic E-state index is 11.3. The molecule has 0 fully saturated rings. The van der Waals surface area contributed by atoms with Crippen molar-refractivity contribution < 1.29 is 4.79 Å². The smallest absolute Gasteiger partial charge is 0.246 e. The number of nitrogens with two attached hydrogens (primary N) is 1. The quantitative estimate of drug-likeness (QED) is 0.518. The van der Waals surface area contributed by atoms with Crippen LogP contribution >= 0.6 is 0 Å². The predicted molar refractivity (Wildman–Crippen MR) is 52.6 cm³/mol. The topological polar surface area (TPSA) is 67.2 Å². The van der Waals surface area contributed by atoms with Crippen LogP contribution < -0.4 is 16.4 Å². The number of hydrogen-bond acceptors (Lipinski definition) is 3. The van der Waals surface area contributed by atoms with Crippen molar-refractivity contribution in [2.24, 2.45) is 0 Å². The van der Waals surface area contributed by atoms with E-state index in [0.29, 0.717) is 5.69 Å². The minimum atomic E-state index is -0.225. The summed E-state index contributed by atoms with van der Waals surface area (Å²) in [5.41, 5.74) is 7.96. The Bertz CT molecular complexity index is 362. The van der Waals surface area contributed by atoms with E-state index >= 15 is 0 Å². The lowest BCUT2D eigenvalue weighted by Crippen LogP contribution is -2.36. The van der Waals surface area contributed by atoms with Crippen LogP contribution in [0.1, 0.15) is 6.92 Å². The molecule has 1 aliphatic heterocycles. The minimum absolute atomic E-state index is 0.0295. The highest BCUT2D eigenvalue weighted by atomic mass is 16.2. The van der Waals surface area contributed by atoms with Crippen molar-refractivity contribution in [1.29, 1.82) is 0 Å². The molecule has 0 bridgehead atoms. The molecule has 0 saturated carbocycles. The molecule has 0 aromatic heterocycles. The molecular formula is C9H11N3O. The van der Waals surface area contributed by atoms with Crippen LogP contribution in [0.4, 0.5) is 17.1 Å². The van der Waals surface area contributed by atoms with E-state index < -0.39 is 0 Å². The number of amides is 1.